The predicted molar refractivity (Wildman–Crippen MR) is 119 cm³/mol. The largest absolute Gasteiger partial charge is 0.368 e. The molecule has 1 atom stereocenters. The summed E-state index contributed by atoms with van der Waals surface area (Å²) in [4.78, 5) is 32.4. The predicted octanol–water partition coefficient (Wildman–Crippen LogP) is 1.75. The molecule has 0 aliphatic carbocycles. The third kappa shape index (κ3) is 4.63. The van der Waals surface area contributed by atoms with Crippen LogP contribution in [0.4, 0.5) is 5.82 Å². The number of nitrogens with two attached hydrogens (primary N) is 1. The molecule has 0 saturated heterocycles. The summed E-state index contributed by atoms with van der Waals surface area (Å²) in [5, 5.41) is 25.4. The Bertz CT molecular complexity index is 1270. The van der Waals surface area contributed by atoms with Crippen LogP contribution in [0.5, 0.6) is 0 Å². The summed E-state index contributed by atoms with van der Waals surface area (Å²) in [5.41, 5.74) is 6.92. The molecule has 0 fully saturated rings. The lowest BCUT2D eigenvalue weighted by atomic mass is 10.0. The van der Waals surface area contributed by atoms with Crippen LogP contribution >= 0.6 is 11.8 Å². The number of hydrogen-bond donors (Lipinski definition) is 3. The average molecular weight is 449 g/mol. The van der Waals surface area contributed by atoms with Gasteiger partial charge >= 0.3 is 5.69 Å². The van der Waals surface area contributed by atoms with Crippen molar-refractivity contribution in [3.05, 3.63) is 68.9 Å². The summed E-state index contributed by atoms with van der Waals surface area (Å²) >= 11 is 1.07. The SMILES string of the molecule is CCc1c(C#N)c(SC(C(N)=O)c2ccccc2)nc(N(C)Cc2n[nH]c(=O)[nH]2)c1C#N. The van der Waals surface area contributed by atoms with Crippen LogP contribution in [0.2, 0.25) is 0 Å². The zero-order chi connectivity index (χ0) is 23.3. The molecule has 10 nitrogen and oxygen atoms in total. The maximum atomic E-state index is 12.2. The number of carbonyl (C=O) groups excluding carboxylic acids is 1. The second kappa shape index (κ2) is 9.81. The van der Waals surface area contributed by atoms with Crippen LogP contribution in [0.3, 0.4) is 0 Å². The summed E-state index contributed by atoms with van der Waals surface area (Å²) in [6, 6.07) is 13.3. The Hall–Kier alpha value is -4.09. The van der Waals surface area contributed by atoms with Crippen LogP contribution in [-0.2, 0) is 17.8 Å². The van der Waals surface area contributed by atoms with Crippen LogP contribution in [0.1, 0.15) is 40.3 Å². The topological polar surface area (TPSA) is 168 Å². The van der Waals surface area contributed by atoms with Gasteiger partial charge in [-0.05, 0) is 17.5 Å². The highest BCUT2D eigenvalue weighted by molar-refractivity contribution is 8.00. The van der Waals surface area contributed by atoms with E-state index in [9.17, 15) is 20.1 Å². The molecule has 3 rings (SSSR count). The first-order valence-electron chi connectivity index (χ1n) is 9.62. The van der Waals surface area contributed by atoms with E-state index in [4.69, 9.17) is 5.73 Å². The minimum Gasteiger partial charge on any atom is -0.368 e. The number of nitrogens with zero attached hydrogens (tertiary/aromatic N) is 5. The molecule has 1 unspecified atom stereocenters. The van der Waals surface area contributed by atoms with Crippen molar-refractivity contribution in [2.75, 3.05) is 11.9 Å². The van der Waals surface area contributed by atoms with Crippen molar-refractivity contribution in [1.29, 1.82) is 10.5 Å². The van der Waals surface area contributed by atoms with Gasteiger partial charge < -0.3 is 10.6 Å². The Morgan fingerprint density at radius 2 is 1.94 bits per heavy atom. The smallest absolute Gasteiger partial charge is 0.340 e. The molecule has 11 heteroatoms. The van der Waals surface area contributed by atoms with Gasteiger partial charge in [0.2, 0.25) is 5.91 Å². The molecule has 162 valence electrons. The van der Waals surface area contributed by atoms with Gasteiger partial charge in [0.25, 0.3) is 0 Å². The second-order valence-corrected chi connectivity index (χ2v) is 7.93. The van der Waals surface area contributed by atoms with Gasteiger partial charge in [-0.2, -0.15) is 15.6 Å². The lowest BCUT2D eigenvalue weighted by Crippen LogP contribution is -2.23. The number of aromatic amines is 2. The second-order valence-electron chi connectivity index (χ2n) is 6.84. The van der Waals surface area contributed by atoms with Crippen molar-refractivity contribution < 1.29 is 4.79 Å². The number of hydrogen-bond acceptors (Lipinski definition) is 8. The van der Waals surface area contributed by atoms with Crippen molar-refractivity contribution in [3.63, 3.8) is 0 Å². The zero-order valence-electron chi connectivity index (χ0n) is 17.4. The maximum absolute atomic E-state index is 12.2. The van der Waals surface area contributed by atoms with Crippen LogP contribution in [0.15, 0.2) is 40.2 Å². The number of primary amides is 1. The van der Waals surface area contributed by atoms with Gasteiger partial charge in [-0.3, -0.25) is 9.78 Å². The summed E-state index contributed by atoms with van der Waals surface area (Å²) < 4.78 is 0. The summed E-state index contributed by atoms with van der Waals surface area (Å²) in [7, 11) is 1.69. The number of carbonyl (C=O) groups is 1. The van der Waals surface area contributed by atoms with Crippen LogP contribution in [0, 0.1) is 22.7 Å². The third-order valence-electron chi connectivity index (χ3n) is 4.71. The van der Waals surface area contributed by atoms with Crippen molar-refractivity contribution in [2.45, 2.75) is 30.2 Å². The number of pyridine rings is 1. The van der Waals surface area contributed by atoms with Gasteiger partial charge in [-0.25, -0.2) is 14.9 Å². The minimum absolute atomic E-state index is 0.164. The van der Waals surface area contributed by atoms with E-state index in [1.807, 2.05) is 13.0 Å². The first-order valence-corrected chi connectivity index (χ1v) is 10.5. The molecule has 0 spiro atoms. The number of nitriles is 2. The van der Waals surface area contributed by atoms with E-state index in [0.29, 0.717) is 34.2 Å². The molecule has 4 N–H and O–H groups in total. The number of amides is 1. The molecule has 32 heavy (non-hydrogen) atoms. The maximum Gasteiger partial charge on any atom is 0.340 e. The van der Waals surface area contributed by atoms with E-state index < -0.39 is 16.8 Å². The van der Waals surface area contributed by atoms with Crippen molar-refractivity contribution in [2.24, 2.45) is 5.73 Å². The average Bonchev–Trinajstić information content (AvgIpc) is 3.20. The standard InChI is InChI=1S/C21H20N8O2S/c1-3-13-14(9-22)19(29(2)11-16-25-21(31)28-27-16)26-20(15(13)10-23)32-17(18(24)30)12-7-5-4-6-8-12/h4-8,17H,3,11H2,1-2H3,(H2,24,30)(H2,25,27,28,31). The molecule has 0 aliphatic rings. The van der Waals surface area contributed by atoms with Gasteiger partial charge in [0.05, 0.1) is 17.7 Å². The van der Waals surface area contributed by atoms with Crippen LogP contribution < -0.4 is 16.3 Å². The minimum atomic E-state index is -0.769. The molecule has 0 saturated carbocycles. The Kier molecular flexibility index (Phi) is 6.93. The van der Waals surface area contributed by atoms with Crippen LogP contribution in [-0.4, -0.2) is 33.1 Å². The number of thioether (sulfide) groups is 1. The quantitative estimate of drug-likeness (QED) is 0.438. The molecule has 1 aromatic carbocycles. The van der Waals surface area contributed by atoms with E-state index in [1.54, 1.807) is 36.2 Å². The van der Waals surface area contributed by atoms with E-state index in [1.165, 1.54) is 0 Å². The fraction of sp³-hybridized carbons (Fsp3) is 0.238. The van der Waals surface area contributed by atoms with Crippen LogP contribution in [0.25, 0.3) is 0 Å². The molecule has 0 aliphatic heterocycles. The Balaban J connectivity index is 2.12. The zero-order valence-corrected chi connectivity index (χ0v) is 18.2. The molecule has 2 aromatic heterocycles. The first kappa shape index (κ1) is 22.6. The Labute approximate surface area is 188 Å². The molecule has 3 aromatic rings. The van der Waals surface area contributed by atoms with Gasteiger partial charge in [-0.15, -0.1) is 0 Å². The van der Waals surface area contributed by atoms with E-state index in [2.05, 4.69) is 32.3 Å². The molecule has 2 heterocycles. The van der Waals surface area contributed by atoms with Gasteiger partial charge in [-0.1, -0.05) is 49.0 Å². The number of nitrogens with one attached hydrogen (secondary N) is 2. The number of benzene rings is 1. The number of rotatable bonds is 8. The number of aromatic nitrogens is 4. The first-order chi connectivity index (χ1) is 15.4. The molecular formula is C21H20N8O2S. The van der Waals surface area contributed by atoms with E-state index in [0.717, 1.165) is 11.8 Å². The molecule has 1 amide bonds. The third-order valence-corrected chi connectivity index (χ3v) is 5.97. The fourth-order valence-corrected chi connectivity index (χ4v) is 4.31. The summed E-state index contributed by atoms with van der Waals surface area (Å²) in [6.07, 6.45) is 0.411. The number of H-pyrrole nitrogens is 2. The lowest BCUT2D eigenvalue weighted by Gasteiger charge is -2.22. The molecule has 0 bridgehead atoms. The van der Waals surface area contributed by atoms with Crippen molar-refractivity contribution in [3.8, 4) is 12.1 Å². The summed E-state index contributed by atoms with van der Waals surface area (Å²) in [5.74, 6) is 0.100. The monoisotopic (exact) mass is 448 g/mol. The summed E-state index contributed by atoms with van der Waals surface area (Å²) in [6.45, 7) is 2.00. The highest BCUT2D eigenvalue weighted by Crippen LogP contribution is 2.39. The normalized spacial score (nSPS) is 11.4. The van der Waals surface area contributed by atoms with E-state index in [-0.39, 0.29) is 17.7 Å². The van der Waals surface area contributed by atoms with Gasteiger partial charge in [0.15, 0.2) is 0 Å². The Morgan fingerprint density at radius 3 is 2.47 bits per heavy atom. The highest BCUT2D eigenvalue weighted by Gasteiger charge is 2.26. The van der Waals surface area contributed by atoms with Crippen molar-refractivity contribution in [1.82, 2.24) is 20.2 Å². The van der Waals surface area contributed by atoms with Gasteiger partial charge in [0.1, 0.15) is 34.1 Å². The molecule has 0 radical (unpaired) electrons. The molecular weight excluding hydrogens is 428 g/mol. The number of anilines is 1. The fourth-order valence-electron chi connectivity index (χ4n) is 3.25. The van der Waals surface area contributed by atoms with E-state index >= 15 is 0 Å². The van der Waals surface area contributed by atoms with Gasteiger partial charge in [0, 0.05) is 7.05 Å². The highest BCUT2D eigenvalue weighted by atomic mass is 32.2. The lowest BCUT2D eigenvalue weighted by molar-refractivity contribution is -0.117. The Morgan fingerprint density at radius 1 is 1.25 bits per heavy atom. The van der Waals surface area contributed by atoms with Crippen molar-refractivity contribution >= 4 is 23.5 Å².